The van der Waals surface area contributed by atoms with E-state index in [1.807, 2.05) is 31.2 Å². The van der Waals surface area contributed by atoms with Crippen LogP contribution in [0, 0.1) is 6.92 Å². The van der Waals surface area contributed by atoms with E-state index in [1.165, 1.54) is 0 Å². The standard InChI is InChI=1S/C14H22N2OS/c1-4-12(10-18-3)15-9-14(17)16-13-7-5-6-11(2)8-13/h5-8,12,15H,4,9-10H2,1-3H3,(H,16,17). The highest BCUT2D eigenvalue weighted by atomic mass is 32.2. The van der Waals surface area contributed by atoms with Gasteiger partial charge in [0.05, 0.1) is 6.54 Å². The highest BCUT2D eigenvalue weighted by Gasteiger charge is 2.07. The second-order valence-electron chi connectivity index (χ2n) is 4.36. The van der Waals surface area contributed by atoms with E-state index in [0.717, 1.165) is 23.4 Å². The predicted molar refractivity (Wildman–Crippen MR) is 80.3 cm³/mol. The number of rotatable bonds is 7. The fourth-order valence-electron chi connectivity index (χ4n) is 1.69. The van der Waals surface area contributed by atoms with Gasteiger partial charge in [-0.1, -0.05) is 19.1 Å². The van der Waals surface area contributed by atoms with Gasteiger partial charge >= 0.3 is 0 Å². The minimum absolute atomic E-state index is 0.0140. The largest absolute Gasteiger partial charge is 0.325 e. The summed E-state index contributed by atoms with van der Waals surface area (Å²) >= 11 is 1.80. The zero-order chi connectivity index (χ0) is 13.4. The van der Waals surface area contributed by atoms with Crippen LogP contribution in [0.2, 0.25) is 0 Å². The first-order chi connectivity index (χ1) is 8.65. The Morgan fingerprint density at radius 1 is 1.44 bits per heavy atom. The number of hydrogen-bond acceptors (Lipinski definition) is 3. The van der Waals surface area contributed by atoms with E-state index < -0.39 is 0 Å². The first kappa shape index (κ1) is 15.1. The molecule has 2 N–H and O–H groups in total. The summed E-state index contributed by atoms with van der Waals surface area (Å²) in [6.45, 7) is 4.51. The molecular formula is C14H22N2OS. The van der Waals surface area contributed by atoms with Crippen molar-refractivity contribution in [3.8, 4) is 0 Å². The van der Waals surface area contributed by atoms with Crippen LogP contribution < -0.4 is 10.6 Å². The lowest BCUT2D eigenvalue weighted by molar-refractivity contribution is -0.115. The summed E-state index contributed by atoms with van der Waals surface area (Å²) in [5.41, 5.74) is 2.01. The molecule has 0 saturated carbocycles. The minimum Gasteiger partial charge on any atom is -0.325 e. The average Bonchev–Trinajstić information content (AvgIpc) is 2.34. The molecule has 0 aliphatic heterocycles. The van der Waals surface area contributed by atoms with Crippen molar-refractivity contribution < 1.29 is 4.79 Å². The molecule has 1 amide bonds. The van der Waals surface area contributed by atoms with Gasteiger partial charge in [-0.25, -0.2) is 0 Å². The van der Waals surface area contributed by atoms with E-state index >= 15 is 0 Å². The van der Waals surface area contributed by atoms with Crippen LogP contribution in [0.1, 0.15) is 18.9 Å². The van der Waals surface area contributed by atoms with Gasteiger partial charge in [0.1, 0.15) is 0 Å². The van der Waals surface area contributed by atoms with Crippen LogP contribution in [0.15, 0.2) is 24.3 Å². The Morgan fingerprint density at radius 2 is 2.22 bits per heavy atom. The van der Waals surface area contributed by atoms with Crippen molar-refractivity contribution in [3.63, 3.8) is 0 Å². The van der Waals surface area contributed by atoms with E-state index in [2.05, 4.69) is 23.8 Å². The molecular weight excluding hydrogens is 244 g/mol. The van der Waals surface area contributed by atoms with Crippen molar-refractivity contribution in [1.82, 2.24) is 5.32 Å². The first-order valence-electron chi connectivity index (χ1n) is 6.24. The molecule has 0 spiro atoms. The van der Waals surface area contributed by atoms with E-state index in [4.69, 9.17) is 0 Å². The van der Waals surface area contributed by atoms with Gasteiger partial charge in [-0.2, -0.15) is 11.8 Å². The molecule has 1 unspecified atom stereocenters. The van der Waals surface area contributed by atoms with Crippen molar-refractivity contribution in [2.45, 2.75) is 26.3 Å². The maximum Gasteiger partial charge on any atom is 0.238 e. The van der Waals surface area contributed by atoms with Crippen LogP contribution in [0.4, 0.5) is 5.69 Å². The summed E-state index contributed by atoms with van der Waals surface area (Å²) < 4.78 is 0. The number of carbonyl (C=O) groups is 1. The van der Waals surface area contributed by atoms with Crippen molar-refractivity contribution in [2.24, 2.45) is 0 Å². The summed E-state index contributed by atoms with van der Waals surface area (Å²) in [7, 11) is 0. The van der Waals surface area contributed by atoms with Gasteiger partial charge in [0.25, 0.3) is 0 Å². The summed E-state index contributed by atoms with van der Waals surface area (Å²) in [6, 6.07) is 8.24. The number of carbonyl (C=O) groups excluding carboxylic acids is 1. The monoisotopic (exact) mass is 266 g/mol. The third-order valence-corrected chi connectivity index (χ3v) is 3.45. The Hall–Kier alpha value is -1.00. The molecule has 0 heterocycles. The number of anilines is 1. The number of benzene rings is 1. The molecule has 18 heavy (non-hydrogen) atoms. The van der Waals surface area contributed by atoms with Crippen molar-refractivity contribution >= 4 is 23.4 Å². The van der Waals surface area contributed by atoms with Crippen molar-refractivity contribution in [3.05, 3.63) is 29.8 Å². The Bertz CT molecular complexity index is 382. The lowest BCUT2D eigenvalue weighted by Crippen LogP contribution is -2.37. The first-order valence-corrected chi connectivity index (χ1v) is 7.64. The molecule has 4 heteroatoms. The van der Waals surface area contributed by atoms with Gasteiger partial charge < -0.3 is 10.6 Å². The molecule has 0 radical (unpaired) electrons. The number of aryl methyl sites for hydroxylation is 1. The zero-order valence-corrected chi connectivity index (χ0v) is 12.1. The molecule has 3 nitrogen and oxygen atoms in total. The lowest BCUT2D eigenvalue weighted by atomic mass is 10.2. The average molecular weight is 266 g/mol. The highest BCUT2D eigenvalue weighted by molar-refractivity contribution is 7.98. The maximum atomic E-state index is 11.8. The van der Waals surface area contributed by atoms with Crippen LogP contribution in [0.5, 0.6) is 0 Å². The summed E-state index contributed by atoms with van der Waals surface area (Å²) in [5.74, 6) is 1.05. The molecule has 1 rings (SSSR count). The maximum absolute atomic E-state index is 11.8. The summed E-state index contributed by atoms with van der Waals surface area (Å²) in [5, 5.41) is 6.17. The van der Waals surface area contributed by atoms with Gasteiger partial charge in [0.2, 0.25) is 5.91 Å². The Balaban J connectivity index is 2.37. The second kappa shape index (κ2) is 8.16. The number of hydrogen-bond donors (Lipinski definition) is 2. The van der Waals surface area contributed by atoms with E-state index in [9.17, 15) is 4.79 Å². The van der Waals surface area contributed by atoms with Gasteiger partial charge in [-0.05, 0) is 37.3 Å². The quantitative estimate of drug-likeness (QED) is 0.797. The van der Waals surface area contributed by atoms with Gasteiger partial charge in [-0.3, -0.25) is 4.79 Å². The highest BCUT2D eigenvalue weighted by Crippen LogP contribution is 2.09. The van der Waals surface area contributed by atoms with Crippen LogP contribution in [0.25, 0.3) is 0 Å². The smallest absolute Gasteiger partial charge is 0.238 e. The number of thioether (sulfide) groups is 1. The van der Waals surface area contributed by atoms with E-state index in [0.29, 0.717) is 12.6 Å². The Morgan fingerprint density at radius 3 is 2.83 bits per heavy atom. The fourth-order valence-corrected chi connectivity index (χ4v) is 2.44. The molecule has 1 aromatic rings. The van der Waals surface area contributed by atoms with Crippen LogP contribution >= 0.6 is 11.8 Å². The second-order valence-corrected chi connectivity index (χ2v) is 5.27. The molecule has 0 aliphatic carbocycles. The van der Waals surface area contributed by atoms with Crippen LogP contribution in [-0.2, 0) is 4.79 Å². The van der Waals surface area contributed by atoms with Gasteiger partial charge in [0, 0.05) is 17.5 Å². The minimum atomic E-state index is 0.0140. The summed E-state index contributed by atoms with van der Waals surface area (Å²) in [6.07, 6.45) is 3.12. The normalized spacial score (nSPS) is 12.2. The molecule has 0 saturated heterocycles. The topological polar surface area (TPSA) is 41.1 Å². The van der Waals surface area contributed by atoms with Gasteiger partial charge in [-0.15, -0.1) is 0 Å². The molecule has 0 aliphatic rings. The molecule has 0 bridgehead atoms. The van der Waals surface area contributed by atoms with Crippen LogP contribution in [0.3, 0.4) is 0 Å². The molecule has 1 atom stereocenters. The van der Waals surface area contributed by atoms with E-state index in [-0.39, 0.29) is 5.91 Å². The van der Waals surface area contributed by atoms with E-state index in [1.54, 1.807) is 11.8 Å². The Kier molecular flexibility index (Phi) is 6.83. The number of amides is 1. The fraction of sp³-hybridized carbons (Fsp3) is 0.500. The predicted octanol–water partition coefficient (Wildman–Crippen LogP) is 2.66. The third-order valence-electron chi connectivity index (χ3n) is 2.71. The molecule has 0 fully saturated rings. The lowest BCUT2D eigenvalue weighted by Gasteiger charge is -2.15. The SMILES string of the molecule is CCC(CSC)NCC(=O)Nc1cccc(C)c1. The summed E-state index contributed by atoms with van der Waals surface area (Å²) in [4.78, 5) is 11.8. The Labute approximate surface area is 114 Å². The molecule has 1 aromatic carbocycles. The molecule has 100 valence electrons. The van der Waals surface area contributed by atoms with Crippen molar-refractivity contribution in [2.75, 3.05) is 23.9 Å². The van der Waals surface area contributed by atoms with Gasteiger partial charge in [0.15, 0.2) is 0 Å². The third kappa shape index (κ3) is 5.56. The number of nitrogens with one attached hydrogen (secondary N) is 2. The van der Waals surface area contributed by atoms with Crippen molar-refractivity contribution in [1.29, 1.82) is 0 Å². The zero-order valence-electron chi connectivity index (χ0n) is 11.3. The molecule has 0 aromatic heterocycles. The van der Waals surface area contributed by atoms with Crippen LogP contribution in [-0.4, -0.2) is 30.5 Å².